The molecule has 0 bridgehead atoms. The van der Waals surface area contributed by atoms with E-state index in [2.05, 4.69) is 5.10 Å². The summed E-state index contributed by atoms with van der Waals surface area (Å²) in [6.45, 7) is 1.02. The Balaban J connectivity index is 3.20. The van der Waals surface area contributed by atoms with Crippen molar-refractivity contribution in [2.75, 3.05) is 19.5 Å². The first kappa shape index (κ1) is 17.9. The molecule has 0 fully saturated rings. The third kappa shape index (κ3) is 4.16. The molecule has 0 radical (unpaired) electrons. The molecule has 11 heteroatoms. The molecular formula is C9H16ClN2O5PS2. The van der Waals surface area contributed by atoms with Gasteiger partial charge in [0.15, 0.2) is 14.9 Å². The summed E-state index contributed by atoms with van der Waals surface area (Å²) in [6.07, 6.45) is 1.03. The molecule has 0 aliphatic carbocycles. The molecule has 1 aromatic rings. The standard InChI is InChI=1S/C9H16ClN2O5PS2/c1-5-15-18(19,16-6-2)17-8-7(10)9(12(3)11-8)20(4,13)14/h5-6H2,1-4H3. The van der Waals surface area contributed by atoms with E-state index in [0.717, 1.165) is 10.9 Å². The van der Waals surface area contributed by atoms with Crippen molar-refractivity contribution in [1.82, 2.24) is 9.78 Å². The van der Waals surface area contributed by atoms with E-state index in [1.807, 2.05) is 0 Å². The van der Waals surface area contributed by atoms with E-state index in [1.165, 1.54) is 7.05 Å². The summed E-state index contributed by atoms with van der Waals surface area (Å²) in [5.41, 5.74) is 0. The summed E-state index contributed by atoms with van der Waals surface area (Å²) in [5, 5.41) is 3.63. The first-order chi connectivity index (χ1) is 9.14. The van der Waals surface area contributed by atoms with Crippen molar-refractivity contribution in [3.05, 3.63) is 5.02 Å². The molecule has 0 amide bonds. The zero-order valence-electron chi connectivity index (χ0n) is 11.5. The van der Waals surface area contributed by atoms with Gasteiger partial charge in [-0.2, -0.15) is 0 Å². The van der Waals surface area contributed by atoms with Crippen LogP contribution in [0.2, 0.25) is 5.02 Å². The predicted molar refractivity (Wildman–Crippen MR) is 79.5 cm³/mol. The SMILES string of the molecule is CCOP(=S)(OCC)Oc1nn(C)c(S(C)(=O)=O)c1Cl. The molecule has 7 nitrogen and oxygen atoms in total. The molecule has 0 N–H and O–H groups in total. The molecule has 1 heterocycles. The number of hydrogen-bond acceptors (Lipinski definition) is 7. The van der Waals surface area contributed by atoms with Gasteiger partial charge in [-0.3, -0.25) is 13.7 Å². The maximum Gasteiger partial charge on any atom is 0.381 e. The number of aryl methyl sites for hydroxylation is 1. The van der Waals surface area contributed by atoms with Gasteiger partial charge >= 0.3 is 6.72 Å². The van der Waals surface area contributed by atoms with Crippen LogP contribution in [-0.2, 0) is 37.7 Å². The van der Waals surface area contributed by atoms with Crippen LogP contribution in [0.25, 0.3) is 0 Å². The normalized spacial score (nSPS) is 12.7. The second-order valence-corrected chi connectivity index (χ2v) is 8.94. The summed E-state index contributed by atoms with van der Waals surface area (Å²) in [6, 6.07) is 0. The van der Waals surface area contributed by atoms with Crippen molar-refractivity contribution in [2.45, 2.75) is 18.9 Å². The van der Waals surface area contributed by atoms with Gasteiger partial charge in [0.25, 0.3) is 5.88 Å². The molecule has 0 aromatic carbocycles. The van der Waals surface area contributed by atoms with E-state index >= 15 is 0 Å². The van der Waals surface area contributed by atoms with Crippen molar-refractivity contribution >= 4 is 40.0 Å². The lowest BCUT2D eigenvalue weighted by molar-refractivity contribution is 0.215. The Morgan fingerprint density at radius 1 is 1.35 bits per heavy atom. The molecule has 0 aliphatic rings. The lowest BCUT2D eigenvalue weighted by Crippen LogP contribution is -2.05. The van der Waals surface area contributed by atoms with E-state index in [-0.39, 0.29) is 15.9 Å². The molecule has 116 valence electrons. The van der Waals surface area contributed by atoms with Crippen LogP contribution in [-0.4, -0.2) is 37.7 Å². The van der Waals surface area contributed by atoms with Crippen LogP contribution >= 0.6 is 18.3 Å². The van der Waals surface area contributed by atoms with Crippen LogP contribution in [0.15, 0.2) is 5.03 Å². The zero-order chi connectivity index (χ0) is 15.6. The van der Waals surface area contributed by atoms with E-state index in [1.54, 1.807) is 13.8 Å². The van der Waals surface area contributed by atoms with Gasteiger partial charge in [-0.05, 0) is 13.8 Å². The number of hydrogen-bond donors (Lipinski definition) is 0. The highest BCUT2D eigenvalue weighted by atomic mass is 35.5. The number of aromatic nitrogens is 2. The fraction of sp³-hybridized carbons (Fsp3) is 0.667. The average molecular weight is 363 g/mol. The molecule has 0 spiro atoms. The Kier molecular flexibility index (Phi) is 6.01. The fourth-order valence-electron chi connectivity index (χ4n) is 1.43. The van der Waals surface area contributed by atoms with Crippen LogP contribution in [0.3, 0.4) is 0 Å². The molecule has 0 saturated heterocycles. The van der Waals surface area contributed by atoms with Gasteiger partial charge in [0.2, 0.25) is 0 Å². The molecule has 0 unspecified atom stereocenters. The summed E-state index contributed by atoms with van der Waals surface area (Å²) >= 11 is 11.2. The Hall–Kier alpha value is -0.180. The highest BCUT2D eigenvalue weighted by molar-refractivity contribution is 8.07. The first-order valence-corrected chi connectivity index (χ1v) is 10.5. The summed E-state index contributed by atoms with van der Waals surface area (Å²) < 4.78 is 40.4. The molecule has 1 rings (SSSR count). The van der Waals surface area contributed by atoms with Gasteiger partial charge in [-0.1, -0.05) is 11.6 Å². The third-order valence-electron chi connectivity index (χ3n) is 2.03. The Morgan fingerprint density at radius 3 is 2.20 bits per heavy atom. The van der Waals surface area contributed by atoms with Crippen LogP contribution in [0, 0.1) is 0 Å². The van der Waals surface area contributed by atoms with E-state index in [9.17, 15) is 8.42 Å². The summed E-state index contributed by atoms with van der Waals surface area (Å²) in [5.74, 6) is -0.111. The van der Waals surface area contributed by atoms with E-state index < -0.39 is 16.6 Å². The minimum atomic E-state index is -3.54. The number of nitrogens with zero attached hydrogens (tertiary/aromatic N) is 2. The minimum absolute atomic E-state index is 0.111. The first-order valence-electron chi connectivity index (χ1n) is 5.66. The minimum Gasteiger partial charge on any atom is -0.402 e. The maximum absolute atomic E-state index is 11.6. The Morgan fingerprint density at radius 2 is 1.85 bits per heavy atom. The van der Waals surface area contributed by atoms with Crippen molar-refractivity contribution in [3.8, 4) is 5.88 Å². The largest absolute Gasteiger partial charge is 0.402 e. The molecule has 0 aliphatic heterocycles. The van der Waals surface area contributed by atoms with Gasteiger partial charge in [0.1, 0.15) is 5.02 Å². The summed E-state index contributed by atoms with van der Waals surface area (Å²) in [4.78, 5) is 0. The number of sulfone groups is 1. The summed E-state index contributed by atoms with van der Waals surface area (Å²) in [7, 11) is -2.09. The topological polar surface area (TPSA) is 79.7 Å². The Bertz CT molecular complexity index is 621. The molecular weight excluding hydrogens is 347 g/mol. The van der Waals surface area contributed by atoms with Crippen molar-refractivity contribution in [1.29, 1.82) is 0 Å². The van der Waals surface area contributed by atoms with Crippen LogP contribution in [0.5, 0.6) is 5.88 Å². The monoisotopic (exact) mass is 362 g/mol. The second-order valence-electron chi connectivity index (χ2n) is 3.69. The maximum atomic E-state index is 11.6. The van der Waals surface area contributed by atoms with Gasteiger partial charge in [-0.15, -0.1) is 5.10 Å². The lowest BCUT2D eigenvalue weighted by atomic mass is 10.7. The molecule has 0 atom stereocenters. The van der Waals surface area contributed by atoms with E-state index in [4.69, 9.17) is 37.0 Å². The van der Waals surface area contributed by atoms with Gasteiger partial charge in [0.05, 0.1) is 13.2 Å². The molecule has 20 heavy (non-hydrogen) atoms. The highest BCUT2D eigenvalue weighted by Gasteiger charge is 2.29. The smallest absolute Gasteiger partial charge is 0.381 e. The quantitative estimate of drug-likeness (QED) is 0.687. The van der Waals surface area contributed by atoms with Crippen molar-refractivity contribution in [3.63, 3.8) is 0 Å². The fourth-order valence-corrected chi connectivity index (χ4v) is 5.04. The Labute approximate surface area is 128 Å². The third-order valence-corrected chi connectivity index (χ3v) is 6.06. The number of halogens is 1. The zero-order valence-corrected chi connectivity index (χ0v) is 14.8. The van der Waals surface area contributed by atoms with Crippen LogP contribution in [0.4, 0.5) is 0 Å². The highest BCUT2D eigenvalue weighted by Crippen LogP contribution is 2.51. The van der Waals surface area contributed by atoms with Gasteiger partial charge in [0, 0.05) is 25.1 Å². The lowest BCUT2D eigenvalue weighted by Gasteiger charge is -2.19. The van der Waals surface area contributed by atoms with Crippen molar-refractivity contribution < 1.29 is 22.0 Å². The van der Waals surface area contributed by atoms with Gasteiger partial charge in [-0.25, -0.2) is 8.42 Å². The second kappa shape index (κ2) is 6.72. The molecule has 1 aromatic heterocycles. The number of rotatable bonds is 7. The average Bonchev–Trinajstić information content (AvgIpc) is 2.53. The van der Waals surface area contributed by atoms with Crippen LogP contribution < -0.4 is 4.52 Å². The van der Waals surface area contributed by atoms with Crippen LogP contribution in [0.1, 0.15) is 13.8 Å². The van der Waals surface area contributed by atoms with Gasteiger partial charge < -0.3 is 4.52 Å². The van der Waals surface area contributed by atoms with E-state index in [0.29, 0.717) is 13.2 Å². The predicted octanol–water partition coefficient (Wildman–Crippen LogP) is 2.15. The van der Waals surface area contributed by atoms with Crippen molar-refractivity contribution in [2.24, 2.45) is 7.05 Å². The molecule has 0 saturated carbocycles.